The lowest BCUT2D eigenvalue weighted by atomic mass is 10.5. The predicted octanol–water partition coefficient (Wildman–Crippen LogP) is -1.33. The highest BCUT2D eigenvalue weighted by Gasteiger charge is 2.12. The van der Waals surface area contributed by atoms with Gasteiger partial charge in [0.2, 0.25) is 0 Å². The van der Waals surface area contributed by atoms with E-state index in [-0.39, 0.29) is 17.0 Å². The third-order valence-electron chi connectivity index (χ3n) is 1.82. The van der Waals surface area contributed by atoms with Crippen molar-refractivity contribution >= 4 is 11.6 Å². The fourth-order valence-corrected chi connectivity index (χ4v) is 0.731. The molecule has 0 saturated heterocycles. The van der Waals surface area contributed by atoms with E-state index in [1.807, 2.05) is 0 Å². The summed E-state index contributed by atoms with van der Waals surface area (Å²) < 4.78 is 0.974. The van der Waals surface area contributed by atoms with Crippen molar-refractivity contribution in [2.24, 2.45) is 0 Å². The van der Waals surface area contributed by atoms with Crippen LogP contribution in [-0.2, 0) is 0 Å². The highest BCUT2D eigenvalue weighted by Crippen LogP contribution is 2.01. The van der Waals surface area contributed by atoms with E-state index in [9.17, 15) is 0 Å². The third-order valence-corrected chi connectivity index (χ3v) is 2.39. The lowest BCUT2D eigenvalue weighted by Gasteiger charge is -2.28. The van der Waals surface area contributed by atoms with Gasteiger partial charge < -0.3 is 21.5 Å². The van der Waals surface area contributed by atoms with Crippen molar-refractivity contribution in [2.75, 3.05) is 26.1 Å². The van der Waals surface area contributed by atoms with Crippen LogP contribution < -0.4 is 17.0 Å². The van der Waals surface area contributed by atoms with Gasteiger partial charge in [-0.05, 0) is 13.8 Å². The summed E-state index contributed by atoms with van der Waals surface area (Å²) in [5, 5.41) is 0. The zero-order valence-electron chi connectivity index (χ0n) is 6.32. The molecule has 0 N–H and O–H groups in total. The molecule has 0 spiro atoms. The molecule has 0 fully saturated rings. The van der Waals surface area contributed by atoms with Crippen LogP contribution in [0.1, 0.15) is 13.8 Å². The first kappa shape index (κ1) is 12.4. The number of hydrogen-bond acceptors (Lipinski definition) is 0. The van der Waals surface area contributed by atoms with Crippen molar-refractivity contribution in [3.63, 3.8) is 0 Å². The average molecular weight is 217 g/mol. The highest BCUT2D eigenvalue weighted by molar-refractivity contribution is 6.16. The van der Waals surface area contributed by atoms with Crippen molar-refractivity contribution in [1.82, 2.24) is 0 Å². The molecule has 0 radical (unpaired) electrons. The van der Waals surface area contributed by atoms with Crippen LogP contribution in [0.15, 0.2) is 0 Å². The molecule has 0 aromatic rings. The normalized spacial score (nSPS) is 10.7. The molecule has 0 aliphatic rings. The van der Waals surface area contributed by atoms with Gasteiger partial charge in [0.05, 0.1) is 20.1 Å². The summed E-state index contributed by atoms with van der Waals surface area (Å²) in [6.07, 6.45) is 0. The molecule has 0 atom stereocenters. The molecule has 0 unspecified atom stereocenters. The maximum absolute atomic E-state index is 5.68. The second-order valence-corrected chi connectivity index (χ2v) is 2.61. The Bertz CT molecular complexity index is 55.8. The van der Waals surface area contributed by atoms with Crippen molar-refractivity contribution in [2.45, 2.75) is 13.8 Å². The number of hydrogen-bond donors (Lipinski definition) is 0. The molecular weight excluding hydrogens is 201 g/mol. The van der Waals surface area contributed by atoms with Gasteiger partial charge in [0.15, 0.2) is 6.00 Å². The number of quaternary nitrogens is 1. The molecule has 3 heteroatoms. The van der Waals surface area contributed by atoms with Crippen LogP contribution in [0.3, 0.4) is 0 Å². The maximum Gasteiger partial charge on any atom is 0.154 e. The Balaban J connectivity index is 0. The maximum atomic E-state index is 5.68. The molecule has 0 bridgehead atoms. The Morgan fingerprint density at radius 1 is 1.22 bits per heavy atom. The van der Waals surface area contributed by atoms with Gasteiger partial charge in [-0.15, -0.1) is 0 Å². The second kappa shape index (κ2) is 5.51. The molecule has 0 amide bonds. The summed E-state index contributed by atoms with van der Waals surface area (Å²) in [7, 11) is 2.16. The summed E-state index contributed by atoms with van der Waals surface area (Å²) in [4.78, 5) is 0. The van der Waals surface area contributed by atoms with E-state index in [0.29, 0.717) is 0 Å². The van der Waals surface area contributed by atoms with Crippen LogP contribution >= 0.6 is 11.6 Å². The van der Waals surface area contributed by atoms with E-state index < -0.39 is 0 Å². The Labute approximate surface area is 73.3 Å². The van der Waals surface area contributed by atoms with Crippen LogP contribution in [0.2, 0.25) is 0 Å². The van der Waals surface area contributed by atoms with Gasteiger partial charge in [-0.2, -0.15) is 0 Å². The number of nitrogens with zero attached hydrogens (tertiary/aromatic N) is 1. The summed E-state index contributed by atoms with van der Waals surface area (Å²) >= 11 is 5.68. The van der Waals surface area contributed by atoms with E-state index in [1.165, 1.54) is 0 Å². The molecule has 0 heterocycles. The van der Waals surface area contributed by atoms with Crippen LogP contribution in [0, 0.1) is 0 Å². The first-order valence-corrected chi connectivity index (χ1v) is 3.61. The Kier molecular flexibility index (Phi) is 7.60. The number of halogens is 2. The fraction of sp³-hybridized carbons (Fsp3) is 1.00. The Morgan fingerprint density at radius 3 is 1.56 bits per heavy atom. The SMILES string of the molecule is CC[N+](C)(CC)CCl.[Br-]. The number of alkyl halides is 1. The molecule has 9 heavy (non-hydrogen) atoms. The molecule has 0 saturated carbocycles. The first-order valence-electron chi connectivity index (χ1n) is 3.08. The van der Waals surface area contributed by atoms with Crippen LogP contribution in [-0.4, -0.2) is 30.6 Å². The molecule has 58 valence electrons. The summed E-state index contributed by atoms with van der Waals surface area (Å²) in [5.41, 5.74) is 0. The number of rotatable bonds is 3. The van der Waals surface area contributed by atoms with Gasteiger partial charge in [-0.1, -0.05) is 11.6 Å². The van der Waals surface area contributed by atoms with Crippen molar-refractivity contribution in [3.05, 3.63) is 0 Å². The highest BCUT2D eigenvalue weighted by atomic mass is 79.9. The van der Waals surface area contributed by atoms with E-state index in [1.54, 1.807) is 0 Å². The Morgan fingerprint density at radius 2 is 1.56 bits per heavy atom. The topological polar surface area (TPSA) is 0 Å². The van der Waals surface area contributed by atoms with Gasteiger partial charge in [0.25, 0.3) is 0 Å². The standard InChI is InChI=1S/C6H15ClN.BrH/c1-4-8(3,5-2)6-7;/h4-6H2,1-3H3;1H/q+1;/p-1. The Hall–Kier alpha value is 0.730. The van der Waals surface area contributed by atoms with Crippen molar-refractivity contribution < 1.29 is 21.5 Å². The largest absolute Gasteiger partial charge is 1.00 e. The molecule has 0 aromatic carbocycles. The minimum Gasteiger partial charge on any atom is -1.00 e. The van der Waals surface area contributed by atoms with Crippen LogP contribution in [0.25, 0.3) is 0 Å². The molecule has 0 aliphatic carbocycles. The molecular formula is C6H15BrClN. The van der Waals surface area contributed by atoms with Crippen molar-refractivity contribution in [1.29, 1.82) is 0 Å². The zero-order chi connectivity index (χ0) is 6.62. The third kappa shape index (κ3) is 4.18. The van der Waals surface area contributed by atoms with Crippen LogP contribution in [0.4, 0.5) is 0 Å². The smallest absolute Gasteiger partial charge is 0.154 e. The quantitative estimate of drug-likeness (QED) is 0.312. The van der Waals surface area contributed by atoms with E-state index in [0.717, 1.165) is 23.6 Å². The van der Waals surface area contributed by atoms with Gasteiger partial charge in [0, 0.05) is 0 Å². The van der Waals surface area contributed by atoms with Gasteiger partial charge in [-0.25, -0.2) is 0 Å². The van der Waals surface area contributed by atoms with Gasteiger partial charge >= 0.3 is 0 Å². The summed E-state index contributed by atoms with van der Waals surface area (Å²) in [5.74, 6) is 0. The summed E-state index contributed by atoms with van der Waals surface area (Å²) in [6, 6.07) is 0.729. The summed E-state index contributed by atoms with van der Waals surface area (Å²) in [6.45, 7) is 6.57. The fourth-order valence-electron chi connectivity index (χ4n) is 0.393. The van der Waals surface area contributed by atoms with E-state index >= 15 is 0 Å². The molecule has 0 aromatic heterocycles. The molecule has 0 aliphatic heterocycles. The first-order chi connectivity index (χ1) is 3.68. The predicted molar refractivity (Wildman–Crippen MR) is 38.0 cm³/mol. The van der Waals surface area contributed by atoms with Crippen LogP contribution in [0.5, 0.6) is 0 Å². The average Bonchev–Trinajstić information content (AvgIpc) is 1.87. The lowest BCUT2D eigenvalue weighted by Crippen LogP contribution is -3.00. The van der Waals surface area contributed by atoms with Gasteiger partial charge in [0.1, 0.15) is 0 Å². The van der Waals surface area contributed by atoms with Crippen molar-refractivity contribution in [3.8, 4) is 0 Å². The second-order valence-electron chi connectivity index (χ2n) is 2.37. The minimum atomic E-state index is 0. The van der Waals surface area contributed by atoms with E-state index in [2.05, 4.69) is 20.9 Å². The molecule has 1 nitrogen and oxygen atoms in total. The monoisotopic (exact) mass is 215 g/mol. The molecule has 0 rings (SSSR count). The zero-order valence-corrected chi connectivity index (χ0v) is 8.67. The minimum absolute atomic E-state index is 0. The lowest BCUT2D eigenvalue weighted by molar-refractivity contribution is -0.895. The van der Waals surface area contributed by atoms with Gasteiger partial charge in [-0.3, -0.25) is 0 Å². The van der Waals surface area contributed by atoms with E-state index in [4.69, 9.17) is 11.6 Å².